The van der Waals surface area contributed by atoms with Crippen LogP contribution in [0.1, 0.15) is 11.4 Å². The number of aromatic nitrogens is 3. The first kappa shape index (κ1) is 15.5. The minimum absolute atomic E-state index is 0.276. The Balaban J connectivity index is 1.59. The topological polar surface area (TPSA) is 72.2 Å². The van der Waals surface area contributed by atoms with Gasteiger partial charge in [0.05, 0.1) is 0 Å². The molecule has 0 fully saturated rings. The molecule has 1 aromatic carbocycles. The second-order valence-electron chi connectivity index (χ2n) is 5.07. The Kier molecular flexibility index (Phi) is 5.71. The van der Waals surface area contributed by atoms with Gasteiger partial charge in [-0.1, -0.05) is 17.7 Å². The van der Waals surface area contributed by atoms with Gasteiger partial charge >= 0.3 is 0 Å². The van der Waals surface area contributed by atoms with Gasteiger partial charge in [0.25, 0.3) is 0 Å². The molecule has 2 N–H and O–H groups in total. The zero-order valence-electron chi connectivity index (χ0n) is 12.5. The minimum Gasteiger partial charge on any atom is -0.491 e. The van der Waals surface area contributed by atoms with Crippen LogP contribution in [-0.4, -0.2) is 45.7 Å². The zero-order chi connectivity index (χ0) is 15.1. The zero-order valence-corrected chi connectivity index (χ0v) is 12.5. The predicted octanol–water partition coefficient (Wildman–Crippen LogP) is 0.696. The highest BCUT2D eigenvalue weighted by molar-refractivity contribution is 5.26. The summed E-state index contributed by atoms with van der Waals surface area (Å²) in [6.07, 6.45) is 1.88. The van der Waals surface area contributed by atoms with Crippen molar-refractivity contribution in [3.63, 3.8) is 0 Å². The van der Waals surface area contributed by atoms with Gasteiger partial charge in [0, 0.05) is 26.6 Å². The minimum atomic E-state index is -0.539. The summed E-state index contributed by atoms with van der Waals surface area (Å²) in [5, 5.41) is 17.2. The van der Waals surface area contributed by atoms with Crippen molar-refractivity contribution in [2.45, 2.75) is 19.4 Å². The molecule has 0 amide bonds. The smallest absolute Gasteiger partial charge is 0.151 e. The SMILES string of the molecule is Cc1ccc(OCC(O)CNCCc2ncn(C)n2)cc1. The van der Waals surface area contributed by atoms with Crippen LogP contribution >= 0.6 is 0 Å². The highest BCUT2D eigenvalue weighted by atomic mass is 16.5. The van der Waals surface area contributed by atoms with Gasteiger partial charge in [-0.2, -0.15) is 5.10 Å². The summed E-state index contributed by atoms with van der Waals surface area (Å²) >= 11 is 0. The number of hydrogen-bond donors (Lipinski definition) is 2. The van der Waals surface area contributed by atoms with Crippen LogP contribution in [-0.2, 0) is 13.5 Å². The largest absolute Gasteiger partial charge is 0.491 e. The van der Waals surface area contributed by atoms with E-state index in [-0.39, 0.29) is 6.61 Å². The fourth-order valence-electron chi connectivity index (χ4n) is 1.85. The third kappa shape index (κ3) is 5.53. The van der Waals surface area contributed by atoms with Crippen LogP contribution in [0.5, 0.6) is 5.75 Å². The standard InChI is InChI=1S/C15H22N4O2/c1-12-3-5-14(6-4-12)21-10-13(20)9-16-8-7-15-17-11-19(2)18-15/h3-6,11,13,16,20H,7-10H2,1-2H3. The molecule has 0 aliphatic heterocycles. The van der Waals surface area contributed by atoms with Crippen molar-refractivity contribution in [1.82, 2.24) is 20.1 Å². The molecule has 0 aliphatic rings. The van der Waals surface area contributed by atoms with Crippen LogP contribution in [0.2, 0.25) is 0 Å². The fraction of sp³-hybridized carbons (Fsp3) is 0.467. The van der Waals surface area contributed by atoms with E-state index in [0.29, 0.717) is 6.54 Å². The van der Waals surface area contributed by atoms with Gasteiger partial charge in [-0.15, -0.1) is 0 Å². The molecule has 1 heterocycles. The predicted molar refractivity (Wildman–Crippen MR) is 80.3 cm³/mol. The lowest BCUT2D eigenvalue weighted by Gasteiger charge is -2.13. The van der Waals surface area contributed by atoms with Gasteiger partial charge in [0.1, 0.15) is 24.8 Å². The van der Waals surface area contributed by atoms with Gasteiger partial charge < -0.3 is 15.2 Å². The van der Waals surface area contributed by atoms with Crippen molar-refractivity contribution in [3.8, 4) is 5.75 Å². The molecule has 6 nitrogen and oxygen atoms in total. The molecule has 114 valence electrons. The molecule has 2 rings (SSSR count). The van der Waals surface area contributed by atoms with Gasteiger partial charge in [0.15, 0.2) is 5.82 Å². The molecule has 0 saturated carbocycles. The van der Waals surface area contributed by atoms with Crippen molar-refractivity contribution in [1.29, 1.82) is 0 Å². The Bertz CT molecular complexity index is 539. The number of ether oxygens (including phenoxy) is 1. The molecular weight excluding hydrogens is 268 g/mol. The average Bonchev–Trinajstić information content (AvgIpc) is 2.89. The molecule has 0 saturated heterocycles. The molecule has 1 unspecified atom stereocenters. The lowest BCUT2D eigenvalue weighted by Crippen LogP contribution is -2.32. The monoisotopic (exact) mass is 290 g/mol. The molecular formula is C15H22N4O2. The third-order valence-corrected chi connectivity index (χ3v) is 3.02. The van der Waals surface area contributed by atoms with E-state index < -0.39 is 6.10 Å². The van der Waals surface area contributed by atoms with E-state index in [9.17, 15) is 5.11 Å². The van der Waals surface area contributed by atoms with Gasteiger partial charge in [-0.3, -0.25) is 4.68 Å². The third-order valence-electron chi connectivity index (χ3n) is 3.02. The highest BCUT2D eigenvalue weighted by Gasteiger charge is 2.05. The normalized spacial score (nSPS) is 12.3. The number of benzene rings is 1. The maximum absolute atomic E-state index is 9.84. The van der Waals surface area contributed by atoms with Crippen molar-refractivity contribution < 1.29 is 9.84 Å². The molecule has 0 bridgehead atoms. The molecule has 0 spiro atoms. The Labute approximate surface area is 124 Å². The van der Waals surface area contributed by atoms with Gasteiger partial charge in [-0.25, -0.2) is 4.98 Å². The first-order valence-electron chi connectivity index (χ1n) is 7.06. The fourth-order valence-corrected chi connectivity index (χ4v) is 1.85. The van der Waals surface area contributed by atoms with Crippen molar-refractivity contribution in [2.75, 3.05) is 19.7 Å². The number of nitrogens with zero attached hydrogens (tertiary/aromatic N) is 3. The molecule has 2 aromatic rings. The number of hydrogen-bond acceptors (Lipinski definition) is 5. The summed E-state index contributed by atoms with van der Waals surface area (Å²) in [5.74, 6) is 1.58. The maximum atomic E-state index is 9.84. The van der Waals surface area contributed by atoms with Crippen LogP contribution in [0, 0.1) is 6.92 Å². The maximum Gasteiger partial charge on any atom is 0.151 e. The second kappa shape index (κ2) is 7.75. The summed E-state index contributed by atoms with van der Waals surface area (Å²) < 4.78 is 7.20. The molecule has 1 atom stereocenters. The molecule has 0 aliphatic carbocycles. The molecule has 6 heteroatoms. The number of nitrogens with one attached hydrogen (secondary N) is 1. The van der Waals surface area contributed by atoms with Crippen LogP contribution in [0.25, 0.3) is 0 Å². The molecule has 0 radical (unpaired) electrons. The number of rotatable bonds is 8. The van der Waals surface area contributed by atoms with Gasteiger partial charge in [0.2, 0.25) is 0 Å². The van der Waals surface area contributed by atoms with E-state index in [2.05, 4.69) is 15.4 Å². The average molecular weight is 290 g/mol. The van der Waals surface area contributed by atoms with E-state index in [0.717, 1.165) is 24.5 Å². The van der Waals surface area contributed by atoms with E-state index >= 15 is 0 Å². The number of aliphatic hydroxyl groups is 1. The summed E-state index contributed by atoms with van der Waals surface area (Å²) in [6, 6.07) is 7.78. The lowest BCUT2D eigenvalue weighted by atomic mass is 10.2. The molecule has 21 heavy (non-hydrogen) atoms. The number of aliphatic hydroxyl groups excluding tert-OH is 1. The first-order chi connectivity index (χ1) is 10.1. The van der Waals surface area contributed by atoms with E-state index in [1.807, 2.05) is 38.2 Å². The quantitative estimate of drug-likeness (QED) is 0.700. The summed E-state index contributed by atoms with van der Waals surface area (Å²) in [7, 11) is 1.84. The lowest BCUT2D eigenvalue weighted by molar-refractivity contribution is 0.106. The van der Waals surface area contributed by atoms with Crippen LogP contribution in [0.3, 0.4) is 0 Å². The summed E-state index contributed by atoms with van der Waals surface area (Å²) in [5.41, 5.74) is 1.19. The molecule has 1 aromatic heterocycles. The van der Waals surface area contributed by atoms with Gasteiger partial charge in [-0.05, 0) is 19.1 Å². The number of aryl methyl sites for hydroxylation is 2. The second-order valence-corrected chi connectivity index (χ2v) is 5.07. The van der Waals surface area contributed by atoms with Crippen molar-refractivity contribution in [2.24, 2.45) is 7.05 Å². The first-order valence-corrected chi connectivity index (χ1v) is 7.06. The van der Waals surface area contributed by atoms with Crippen LogP contribution in [0.15, 0.2) is 30.6 Å². The van der Waals surface area contributed by atoms with E-state index in [1.54, 1.807) is 11.0 Å². The highest BCUT2D eigenvalue weighted by Crippen LogP contribution is 2.11. The van der Waals surface area contributed by atoms with Crippen LogP contribution < -0.4 is 10.1 Å². The van der Waals surface area contributed by atoms with Crippen LogP contribution in [0.4, 0.5) is 0 Å². The Hall–Kier alpha value is -1.92. The van der Waals surface area contributed by atoms with E-state index in [1.165, 1.54) is 5.56 Å². The van der Waals surface area contributed by atoms with Crippen molar-refractivity contribution in [3.05, 3.63) is 42.0 Å². The Morgan fingerprint density at radius 2 is 2.10 bits per heavy atom. The Morgan fingerprint density at radius 1 is 1.33 bits per heavy atom. The van der Waals surface area contributed by atoms with E-state index in [4.69, 9.17) is 4.74 Å². The van der Waals surface area contributed by atoms with Crippen molar-refractivity contribution >= 4 is 0 Å². The summed E-state index contributed by atoms with van der Waals surface area (Å²) in [6.45, 7) is 3.52. The summed E-state index contributed by atoms with van der Waals surface area (Å²) in [4.78, 5) is 4.14. The Morgan fingerprint density at radius 3 is 2.76 bits per heavy atom.